The molecular formula is C8H6ClF4NOS. The molecule has 0 aliphatic carbocycles. The molecule has 8 heteroatoms. The van der Waals surface area contributed by atoms with Gasteiger partial charge < -0.3 is 5.73 Å². The Kier molecular flexibility index (Phi) is 3.80. The maximum atomic E-state index is 12.8. The van der Waals surface area contributed by atoms with Crippen LogP contribution < -0.4 is 5.73 Å². The molecule has 0 aromatic heterocycles. The van der Waals surface area contributed by atoms with Crippen molar-refractivity contribution in [1.82, 2.24) is 0 Å². The molecule has 0 aliphatic rings. The Balaban J connectivity index is 3.05. The molecule has 1 atom stereocenters. The molecule has 0 amide bonds. The van der Waals surface area contributed by atoms with Gasteiger partial charge in [0.1, 0.15) is 11.6 Å². The number of halogens is 5. The molecular weight excluding hydrogens is 270 g/mol. The topological polar surface area (TPSA) is 43.1 Å². The Morgan fingerprint density at radius 3 is 2.44 bits per heavy atom. The number of alkyl halides is 3. The van der Waals surface area contributed by atoms with Gasteiger partial charge in [0, 0.05) is 0 Å². The zero-order valence-corrected chi connectivity index (χ0v) is 9.22. The minimum Gasteiger partial charge on any atom is -0.396 e. The lowest BCUT2D eigenvalue weighted by molar-refractivity contribution is -0.105. The Morgan fingerprint density at radius 2 is 1.94 bits per heavy atom. The summed E-state index contributed by atoms with van der Waals surface area (Å²) in [6.45, 7) is 0. The van der Waals surface area contributed by atoms with Crippen LogP contribution in [0.5, 0.6) is 0 Å². The van der Waals surface area contributed by atoms with Crippen LogP contribution in [0, 0.1) is 5.82 Å². The highest BCUT2D eigenvalue weighted by Gasteiger charge is 2.31. The molecule has 2 nitrogen and oxygen atoms in total. The normalized spacial score (nSPS) is 13.8. The number of hydrogen-bond acceptors (Lipinski definition) is 2. The van der Waals surface area contributed by atoms with E-state index in [-0.39, 0.29) is 9.92 Å². The summed E-state index contributed by atoms with van der Waals surface area (Å²) in [6, 6.07) is 1.58. The van der Waals surface area contributed by atoms with Gasteiger partial charge in [-0.2, -0.15) is 13.2 Å². The van der Waals surface area contributed by atoms with Crippen molar-refractivity contribution in [2.24, 2.45) is 0 Å². The second-order valence-corrected chi connectivity index (χ2v) is 4.74. The zero-order chi connectivity index (χ0) is 12.5. The molecule has 0 saturated carbocycles. The standard InChI is InChI=1S/C8H6ClF4NOS/c9-4-1-5(10)6(14)2-7(4)16(15)3-8(11,12)13/h1-2H,3,14H2/t16-/m1/s1. The molecule has 1 aromatic rings. The number of hydrogen-bond donors (Lipinski definition) is 1. The van der Waals surface area contributed by atoms with E-state index >= 15 is 0 Å². The number of nitrogens with two attached hydrogens (primary N) is 1. The van der Waals surface area contributed by atoms with Crippen LogP contribution in [-0.4, -0.2) is 16.1 Å². The minimum absolute atomic E-state index is 0.321. The zero-order valence-electron chi connectivity index (χ0n) is 7.65. The highest BCUT2D eigenvalue weighted by Crippen LogP contribution is 2.28. The van der Waals surface area contributed by atoms with E-state index in [1.165, 1.54) is 0 Å². The van der Waals surface area contributed by atoms with Crippen LogP contribution in [0.4, 0.5) is 23.2 Å². The highest BCUT2D eigenvalue weighted by atomic mass is 35.5. The lowest BCUT2D eigenvalue weighted by Crippen LogP contribution is -2.18. The van der Waals surface area contributed by atoms with E-state index in [0.29, 0.717) is 0 Å². The van der Waals surface area contributed by atoms with Crippen molar-refractivity contribution >= 4 is 28.1 Å². The van der Waals surface area contributed by atoms with E-state index in [1.807, 2.05) is 0 Å². The van der Waals surface area contributed by atoms with Crippen LogP contribution >= 0.6 is 11.6 Å². The Bertz CT molecular complexity index is 435. The van der Waals surface area contributed by atoms with Crippen LogP contribution in [0.3, 0.4) is 0 Å². The van der Waals surface area contributed by atoms with Crippen molar-refractivity contribution in [3.8, 4) is 0 Å². The smallest absolute Gasteiger partial charge is 0.396 e. The van der Waals surface area contributed by atoms with Crippen molar-refractivity contribution in [3.05, 3.63) is 23.0 Å². The maximum absolute atomic E-state index is 12.8. The van der Waals surface area contributed by atoms with Crippen molar-refractivity contribution in [2.75, 3.05) is 11.5 Å². The van der Waals surface area contributed by atoms with Crippen molar-refractivity contribution in [2.45, 2.75) is 11.1 Å². The molecule has 2 N–H and O–H groups in total. The molecule has 0 unspecified atom stereocenters. The van der Waals surface area contributed by atoms with Gasteiger partial charge in [-0.05, 0) is 12.1 Å². The van der Waals surface area contributed by atoms with E-state index in [2.05, 4.69) is 0 Å². The average molecular weight is 276 g/mol. The summed E-state index contributed by atoms with van der Waals surface area (Å²) in [6.07, 6.45) is -4.59. The van der Waals surface area contributed by atoms with E-state index in [0.717, 1.165) is 12.1 Å². The minimum atomic E-state index is -4.59. The molecule has 0 bridgehead atoms. The van der Waals surface area contributed by atoms with E-state index in [4.69, 9.17) is 17.3 Å². The van der Waals surface area contributed by atoms with Crippen LogP contribution in [0.15, 0.2) is 17.0 Å². The molecule has 0 aliphatic heterocycles. The Hall–Kier alpha value is -0.820. The van der Waals surface area contributed by atoms with Crippen molar-refractivity contribution in [3.63, 3.8) is 0 Å². The number of nitrogen functional groups attached to an aromatic ring is 1. The van der Waals surface area contributed by atoms with Gasteiger partial charge in [0.05, 0.1) is 26.4 Å². The first-order chi connectivity index (χ1) is 7.20. The van der Waals surface area contributed by atoms with Crippen molar-refractivity contribution in [1.29, 1.82) is 0 Å². The van der Waals surface area contributed by atoms with Crippen LogP contribution in [0.25, 0.3) is 0 Å². The number of benzene rings is 1. The lowest BCUT2D eigenvalue weighted by atomic mass is 10.3. The fraction of sp³-hybridized carbons (Fsp3) is 0.250. The Labute approximate surface area is 95.8 Å². The van der Waals surface area contributed by atoms with Gasteiger partial charge in [-0.3, -0.25) is 4.21 Å². The third kappa shape index (κ3) is 3.34. The predicted molar refractivity (Wildman–Crippen MR) is 53.2 cm³/mol. The van der Waals surface area contributed by atoms with Crippen LogP contribution in [-0.2, 0) is 10.8 Å². The highest BCUT2D eigenvalue weighted by molar-refractivity contribution is 7.85. The van der Waals surface area contributed by atoms with Gasteiger partial charge in [-0.15, -0.1) is 0 Å². The fourth-order valence-corrected chi connectivity index (χ4v) is 2.34. The quantitative estimate of drug-likeness (QED) is 0.666. The molecule has 0 heterocycles. The molecule has 1 rings (SSSR count). The first kappa shape index (κ1) is 13.2. The molecule has 16 heavy (non-hydrogen) atoms. The Morgan fingerprint density at radius 1 is 1.38 bits per heavy atom. The third-order valence-corrected chi connectivity index (χ3v) is 3.43. The largest absolute Gasteiger partial charge is 0.400 e. The number of rotatable bonds is 2. The predicted octanol–water partition coefficient (Wildman–Crippen LogP) is 2.73. The summed E-state index contributed by atoms with van der Waals surface area (Å²) < 4.78 is 60.0. The second-order valence-electron chi connectivity index (χ2n) is 2.91. The van der Waals surface area contributed by atoms with Gasteiger partial charge in [0.2, 0.25) is 0 Å². The summed E-state index contributed by atoms with van der Waals surface area (Å²) in [5.41, 5.74) is 4.75. The van der Waals surface area contributed by atoms with Gasteiger partial charge in [0.25, 0.3) is 0 Å². The average Bonchev–Trinajstić information content (AvgIpc) is 2.08. The van der Waals surface area contributed by atoms with Gasteiger partial charge in [0.15, 0.2) is 0 Å². The van der Waals surface area contributed by atoms with Crippen molar-refractivity contribution < 1.29 is 21.8 Å². The molecule has 0 radical (unpaired) electrons. The van der Waals surface area contributed by atoms with Gasteiger partial charge in [-0.25, -0.2) is 4.39 Å². The molecule has 0 saturated heterocycles. The SMILES string of the molecule is Nc1cc([S@](=O)CC(F)(F)F)c(Cl)cc1F. The third-order valence-electron chi connectivity index (χ3n) is 1.59. The first-order valence-corrected chi connectivity index (χ1v) is 5.60. The molecule has 90 valence electrons. The first-order valence-electron chi connectivity index (χ1n) is 3.90. The lowest BCUT2D eigenvalue weighted by Gasteiger charge is -2.08. The van der Waals surface area contributed by atoms with Gasteiger partial charge >= 0.3 is 6.18 Å². The number of anilines is 1. The fourth-order valence-electron chi connectivity index (χ4n) is 0.946. The molecule has 1 aromatic carbocycles. The van der Waals surface area contributed by atoms with Crippen LogP contribution in [0.1, 0.15) is 0 Å². The summed E-state index contributed by atoms with van der Waals surface area (Å²) in [4.78, 5) is -0.321. The monoisotopic (exact) mass is 275 g/mol. The molecule has 0 fully saturated rings. The van der Waals surface area contributed by atoms with Crippen LogP contribution in [0.2, 0.25) is 5.02 Å². The summed E-state index contributed by atoms with van der Waals surface area (Å²) in [5, 5.41) is -0.339. The summed E-state index contributed by atoms with van der Waals surface area (Å²) >= 11 is 5.47. The second kappa shape index (κ2) is 4.58. The summed E-state index contributed by atoms with van der Waals surface area (Å²) in [7, 11) is -2.39. The summed E-state index contributed by atoms with van der Waals surface area (Å²) in [5.74, 6) is -2.41. The van der Waals surface area contributed by atoms with E-state index < -0.39 is 34.2 Å². The van der Waals surface area contributed by atoms with Gasteiger partial charge in [-0.1, -0.05) is 11.6 Å². The van der Waals surface area contributed by atoms with E-state index in [1.54, 1.807) is 0 Å². The maximum Gasteiger partial charge on any atom is 0.400 e. The van der Waals surface area contributed by atoms with E-state index in [9.17, 15) is 21.8 Å². The molecule has 0 spiro atoms.